The van der Waals surface area contributed by atoms with Crippen LogP contribution < -0.4 is 5.73 Å². The van der Waals surface area contributed by atoms with E-state index < -0.39 is 0 Å². The van der Waals surface area contributed by atoms with Crippen LogP contribution in [0.5, 0.6) is 0 Å². The van der Waals surface area contributed by atoms with Crippen LogP contribution in [0.15, 0.2) is 6.07 Å². The van der Waals surface area contributed by atoms with E-state index in [1.807, 2.05) is 0 Å². The number of fused-ring (bicyclic) bond motifs is 1. The van der Waals surface area contributed by atoms with Crippen LogP contribution in [0.4, 0.5) is 0 Å². The van der Waals surface area contributed by atoms with E-state index in [2.05, 4.69) is 45.3 Å². The molecule has 0 spiro atoms. The Balaban J connectivity index is 2.01. The van der Waals surface area contributed by atoms with Gasteiger partial charge in [-0.05, 0) is 61.5 Å². The Morgan fingerprint density at radius 2 is 2.05 bits per heavy atom. The van der Waals surface area contributed by atoms with E-state index >= 15 is 0 Å². The summed E-state index contributed by atoms with van der Waals surface area (Å²) in [5.41, 5.74) is 11.2. The molecule has 4 atom stereocenters. The number of rotatable bonds is 2. The molecule has 0 radical (unpaired) electrons. The van der Waals surface area contributed by atoms with Crippen molar-refractivity contribution in [1.82, 2.24) is 4.57 Å². The molecule has 0 amide bonds. The topological polar surface area (TPSA) is 30.9 Å². The third-order valence-corrected chi connectivity index (χ3v) is 6.23. The fourth-order valence-corrected chi connectivity index (χ4v) is 5.10. The minimum Gasteiger partial charge on any atom is -0.345 e. The second-order valence-corrected chi connectivity index (χ2v) is 8.38. The Morgan fingerprint density at radius 1 is 1.33 bits per heavy atom. The summed E-state index contributed by atoms with van der Waals surface area (Å²) in [6.45, 7) is 11.8. The van der Waals surface area contributed by atoms with Gasteiger partial charge < -0.3 is 10.3 Å². The maximum absolute atomic E-state index is 6.48. The van der Waals surface area contributed by atoms with Gasteiger partial charge >= 0.3 is 0 Å². The van der Waals surface area contributed by atoms with E-state index in [4.69, 9.17) is 5.73 Å². The summed E-state index contributed by atoms with van der Waals surface area (Å²) in [6.07, 6.45) is 6.36. The van der Waals surface area contributed by atoms with Crippen LogP contribution in [0.1, 0.15) is 82.4 Å². The van der Waals surface area contributed by atoms with Gasteiger partial charge in [-0.1, -0.05) is 34.1 Å². The minimum atomic E-state index is 0.224. The van der Waals surface area contributed by atoms with Crippen LogP contribution in [0.2, 0.25) is 0 Å². The molecule has 118 valence electrons. The number of aromatic nitrogens is 1. The molecule has 1 saturated carbocycles. The van der Waals surface area contributed by atoms with E-state index in [9.17, 15) is 0 Å². The highest BCUT2D eigenvalue weighted by Gasteiger charge is 2.38. The first kappa shape index (κ1) is 15.1. The summed E-state index contributed by atoms with van der Waals surface area (Å²) in [5.74, 6) is 1.70. The van der Waals surface area contributed by atoms with Gasteiger partial charge in [0.25, 0.3) is 0 Å². The second kappa shape index (κ2) is 5.15. The van der Waals surface area contributed by atoms with Gasteiger partial charge in [-0.3, -0.25) is 0 Å². The van der Waals surface area contributed by atoms with Crippen LogP contribution in [0.3, 0.4) is 0 Å². The van der Waals surface area contributed by atoms with Crippen molar-refractivity contribution in [1.29, 1.82) is 0 Å². The van der Waals surface area contributed by atoms with Gasteiger partial charge in [-0.15, -0.1) is 0 Å². The lowest BCUT2D eigenvalue weighted by Gasteiger charge is -2.36. The molecule has 0 aliphatic heterocycles. The Kier molecular flexibility index (Phi) is 3.72. The molecule has 0 saturated heterocycles. The monoisotopic (exact) mass is 288 g/mol. The second-order valence-electron chi connectivity index (χ2n) is 8.38. The van der Waals surface area contributed by atoms with Crippen molar-refractivity contribution in [2.24, 2.45) is 23.0 Å². The summed E-state index contributed by atoms with van der Waals surface area (Å²) >= 11 is 0. The Morgan fingerprint density at radius 3 is 2.67 bits per heavy atom. The van der Waals surface area contributed by atoms with Gasteiger partial charge in [-0.25, -0.2) is 0 Å². The third-order valence-electron chi connectivity index (χ3n) is 6.23. The summed E-state index contributed by atoms with van der Waals surface area (Å²) in [6, 6.07) is 3.29. The van der Waals surface area contributed by atoms with Crippen molar-refractivity contribution in [3.63, 3.8) is 0 Å². The molecule has 3 rings (SSSR count). The summed E-state index contributed by atoms with van der Waals surface area (Å²) in [5, 5.41) is 0. The molecule has 1 aromatic rings. The highest BCUT2D eigenvalue weighted by molar-refractivity contribution is 5.35. The fourth-order valence-electron chi connectivity index (χ4n) is 5.10. The number of nitrogens with zero attached hydrogens (tertiary/aromatic N) is 1. The number of nitrogens with two attached hydrogens (primary N) is 1. The zero-order chi connectivity index (χ0) is 15.4. The molecule has 2 aliphatic carbocycles. The van der Waals surface area contributed by atoms with Gasteiger partial charge in [0.2, 0.25) is 0 Å². The van der Waals surface area contributed by atoms with Gasteiger partial charge in [0.1, 0.15) is 0 Å². The molecule has 1 fully saturated rings. The van der Waals surface area contributed by atoms with Crippen LogP contribution in [-0.2, 0) is 6.42 Å². The van der Waals surface area contributed by atoms with Gasteiger partial charge in [-0.2, -0.15) is 0 Å². The van der Waals surface area contributed by atoms with E-state index in [0.29, 0.717) is 11.5 Å². The molecule has 4 unspecified atom stereocenters. The quantitative estimate of drug-likeness (QED) is 0.835. The van der Waals surface area contributed by atoms with Crippen molar-refractivity contribution < 1.29 is 0 Å². The SMILES string of the molecule is CCC1CCC(n2c(C)cc3c2CC(C)(C)CC3N)C1C. The van der Waals surface area contributed by atoms with Crippen molar-refractivity contribution in [3.8, 4) is 0 Å². The van der Waals surface area contributed by atoms with Crippen LogP contribution >= 0.6 is 0 Å². The highest BCUT2D eigenvalue weighted by atomic mass is 15.1. The van der Waals surface area contributed by atoms with Crippen LogP contribution in [0.25, 0.3) is 0 Å². The molecule has 2 N–H and O–H groups in total. The van der Waals surface area contributed by atoms with E-state index in [0.717, 1.165) is 18.3 Å². The standard InChI is InChI=1S/C19H32N2/c1-6-14-7-8-17(13(14)3)21-12(2)9-15-16(20)10-19(4,5)11-18(15)21/h9,13-14,16-17H,6-8,10-11,20H2,1-5H3. The van der Waals surface area contributed by atoms with E-state index in [1.165, 1.54) is 36.9 Å². The lowest BCUT2D eigenvalue weighted by atomic mass is 9.74. The minimum absolute atomic E-state index is 0.224. The Hall–Kier alpha value is -0.760. The molecule has 2 aliphatic rings. The first-order valence-electron chi connectivity index (χ1n) is 8.80. The molecular formula is C19H32N2. The largest absolute Gasteiger partial charge is 0.345 e. The van der Waals surface area contributed by atoms with E-state index in [1.54, 1.807) is 5.69 Å². The van der Waals surface area contributed by atoms with Gasteiger partial charge in [0.15, 0.2) is 0 Å². The lowest BCUT2D eigenvalue weighted by molar-refractivity contribution is 0.261. The predicted molar refractivity (Wildman–Crippen MR) is 89.4 cm³/mol. The van der Waals surface area contributed by atoms with Crippen molar-refractivity contribution >= 4 is 0 Å². The normalized spacial score (nSPS) is 35.0. The molecule has 21 heavy (non-hydrogen) atoms. The lowest BCUT2D eigenvalue weighted by Crippen LogP contribution is -2.31. The molecule has 0 bridgehead atoms. The first-order valence-corrected chi connectivity index (χ1v) is 8.80. The Labute approximate surface area is 130 Å². The molecule has 2 nitrogen and oxygen atoms in total. The van der Waals surface area contributed by atoms with Crippen molar-refractivity contribution in [3.05, 3.63) is 23.0 Å². The van der Waals surface area contributed by atoms with Crippen LogP contribution in [0, 0.1) is 24.2 Å². The highest BCUT2D eigenvalue weighted by Crippen LogP contribution is 2.47. The summed E-state index contributed by atoms with van der Waals surface area (Å²) < 4.78 is 2.68. The summed E-state index contributed by atoms with van der Waals surface area (Å²) in [4.78, 5) is 0. The zero-order valence-electron chi connectivity index (χ0n) is 14.4. The maximum atomic E-state index is 6.48. The van der Waals surface area contributed by atoms with Crippen molar-refractivity contribution in [2.45, 2.75) is 78.8 Å². The number of hydrogen-bond donors (Lipinski definition) is 1. The average molecular weight is 288 g/mol. The molecule has 0 aromatic carbocycles. The number of hydrogen-bond acceptors (Lipinski definition) is 1. The summed E-state index contributed by atoms with van der Waals surface area (Å²) in [7, 11) is 0. The smallest absolute Gasteiger partial charge is 0.0364 e. The van der Waals surface area contributed by atoms with Gasteiger partial charge in [0.05, 0.1) is 0 Å². The van der Waals surface area contributed by atoms with Crippen LogP contribution in [-0.4, -0.2) is 4.57 Å². The van der Waals surface area contributed by atoms with E-state index in [-0.39, 0.29) is 6.04 Å². The first-order chi connectivity index (χ1) is 9.84. The number of aryl methyl sites for hydroxylation is 1. The molecular weight excluding hydrogens is 256 g/mol. The molecule has 1 heterocycles. The van der Waals surface area contributed by atoms with Gasteiger partial charge in [0, 0.05) is 23.5 Å². The maximum Gasteiger partial charge on any atom is 0.0364 e. The predicted octanol–water partition coefficient (Wildman–Crippen LogP) is 4.77. The third kappa shape index (κ3) is 2.46. The molecule has 1 aromatic heterocycles. The fraction of sp³-hybridized carbons (Fsp3) is 0.789. The van der Waals surface area contributed by atoms with Crippen molar-refractivity contribution in [2.75, 3.05) is 0 Å². The Bertz CT molecular complexity index is 526. The zero-order valence-corrected chi connectivity index (χ0v) is 14.4. The molecule has 2 heteroatoms. The average Bonchev–Trinajstić information content (AvgIpc) is 2.89.